The molecule has 2 heteroatoms. The Balaban J connectivity index is 2.95. The number of anilines is 2. The van der Waals surface area contributed by atoms with Gasteiger partial charge in [-0.2, -0.15) is 0 Å². The normalized spacial score (nSPS) is 12.6. The number of nitrogen functional groups attached to an aromatic ring is 1. The van der Waals surface area contributed by atoms with E-state index in [0.29, 0.717) is 6.04 Å². The topological polar surface area (TPSA) is 29.3 Å². The van der Waals surface area contributed by atoms with Gasteiger partial charge in [-0.1, -0.05) is 13.0 Å². The highest BCUT2D eigenvalue weighted by molar-refractivity contribution is 5.68. The monoisotopic (exact) mass is 192 g/mol. The average Bonchev–Trinajstić information content (AvgIpc) is 2.15. The van der Waals surface area contributed by atoms with E-state index in [4.69, 9.17) is 5.73 Å². The first kappa shape index (κ1) is 10.9. The third-order valence-corrected chi connectivity index (χ3v) is 2.82. The van der Waals surface area contributed by atoms with E-state index >= 15 is 0 Å². The molecule has 0 amide bonds. The second kappa shape index (κ2) is 4.36. The van der Waals surface area contributed by atoms with Crippen LogP contribution in [0.2, 0.25) is 0 Å². The highest BCUT2D eigenvalue weighted by atomic mass is 15.1. The second-order valence-corrected chi connectivity index (χ2v) is 3.93. The number of nitrogens with two attached hydrogens (primary N) is 1. The Morgan fingerprint density at radius 3 is 2.57 bits per heavy atom. The van der Waals surface area contributed by atoms with Crippen molar-refractivity contribution in [3.63, 3.8) is 0 Å². The molecule has 0 aliphatic rings. The van der Waals surface area contributed by atoms with Crippen molar-refractivity contribution >= 4 is 11.4 Å². The van der Waals surface area contributed by atoms with Crippen LogP contribution in [0.25, 0.3) is 0 Å². The first-order valence-electron chi connectivity index (χ1n) is 5.15. The quantitative estimate of drug-likeness (QED) is 0.746. The minimum atomic E-state index is 0.528. The van der Waals surface area contributed by atoms with E-state index in [0.717, 1.165) is 17.8 Å². The summed E-state index contributed by atoms with van der Waals surface area (Å²) in [6, 6.07) is 6.75. The highest BCUT2D eigenvalue weighted by Crippen LogP contribution is 2.25. The van der Waals surface area contributed by atoms with Crippen LogP contribution >= 0.6 is 0 Å². The Hall–Kier alpha value is -1.18. The maximum absolute atomic E-state index is 5.97. The van der Waals surface area contributed by atoms with E-state index in [9.17, 15) is 0 Å². The Labute approximate surface area is 86.7 Å². The first-order valence-corrected chi connectivity index (χ1v) is 5.15. The third-order valence-electron chi connectivity index (χ3n) is 2.82. The Morgan fingerprint density at radius 1 is 1.43 bits per heavy atom. The molecule has 0 aromatic heterocycles. The van der Waals surface area contributed by atoms with Crippen molar-refractivity contribution in [2.75, 3.05) is 17.7 Å². The van der Waals surface area contributed by atoms with Gasteiger partial charge < -0.3 is 10.6 Å². The first-order chi connectivity index (χ1) is 6.56. The fraction of sp³-hybridized carbons (Fsp3) is 0.500. The lowest BCUT2D eigenvalue weighted by Crippen LogP contribution is -2.28. The second-order valence-electron chi connectivity index (χ2n) is 3.93. The van der Waals surface area contributed by atoms with Crippen LogP contribution in [0, 0.1) is 6.92 Å². The molecule has 78 valence electrons. The van der Waals surface area contributed by atoms with Gasteiger partial charge in [-0.15, -0.1) is 0 Å². The zero-order valence-electron chi connectivity index (χ0n) is 9.54. The summed E-state index contributed by atoms with van der Waals surface area (Å²) in [6.07, 6.45) is 1.13. The maximum atomic E-state index is 5.97. The highest BCUT2D eigenvalue weighted by Gasteiger charge is 2.10. The van der Waals surface area contributed by atoms with Crippen LogP contribution < -0.4 is 10.6 Å². The molecular formula is C12H20N2. The summed E-state index contributed by atoms with van der Waals surface area (Å²) in [7, 11) is 2.09. The lowest BCUT2D eigenvalue weighted by Gasteiger charge is -2.27. The summed E-state index contributed by atoms with van der Waals surface area (Å²) in [6.45, 7) is 6.45. The number of rotatable bonds is 3. The van der Waals surface area contributed by atoms with E-state index in [1.165, 1.54) is 5.56 Å². The molecule has 0 aliphatic carbocycles. The van der Waals surface area contributed by atoms with E-state index in [-0.39, 0.29) is 0 Å². The molecular weight excluding hydrogens is 172 g/mol. The SMILES string of the molecule is CCC(C)N(C)c1ccc(C)cc1N. The van der Waals surface area contributed by atoms with Crippen molar-refractivity contribution in [1.82, 2.24) is 0 Å². The standard InChI is InChI=1S/C12H20N2/c1-5-10(3)14(4)12-7-6-9(2)8-11(12)13/h6-8,10H,5,13H2,1-4H3. The number of nitrogens with zero attached hydrogens (tertiary/aromatic N) is 1. The minimum absolute atomic E-state index is 0.528. The number of benzene rings is 1. The largest absolute Gasteiger partial charge is 0.397 e. The van der Waals surface area contributed by atoms with Crippen molar-refractivity contribution < 1.29 is 0 Å². The molecule has 1 atom stereocenters. The lowest BCUT2D eigenvalue weighted by molar-refractivity contribution is 0.664. The Morgan fingerprint density at radius 2 is 2.07 bits per heavy atom. The summed E-state index contributed by atoms with van der Waals surface area (Å²) in [5.41, 5.74) is 9.18. The van der Waals surface area contributed by atoms with Gasteiger partial charge in [0, 0.05) is 13.1 Å². The number of hydrogen-bond acceptors (Lipinski definition) is 2. The lowest BCUT2D eigenvalue weighted by atomic mass is 10.1. The third kappa shape index (κ3) is 2.19. The molecule has 0 bridgehead atoms. The van der Waals surface area contributed by atoms with Gasteiger partial charge in [0.1, 0.15) is 0 Å². The van der Waals surface area contributed by atoms with Crippen molar-refractivity contribution in [1.29, 1.82) is 0 Å². The van der Waals surface area contributed by atoms with E-state index in [1.807, 2.05) is 6.07 Å². The van der Waals surface area contributed by atoms with Gasteiger partial charge in [0.25, 0.3) is 0 Å². The number of hydrogen-bond donors (Lipinski definition) is 1. The van der Waals surface area contributed by atoms with Gasteiger partial charge in [-0.25, -0.2) is 0 Å². The molecule has 0 heterocycles. The Bertz CT molecular complexity index is 307. The van der Waals surface area contributed by atoms with Crippen LogP contribution in [-0.2, 0) is 0 Å². The van der Waals surface area contributed by atoms with Gasteiger partial charge in [0.15, 0.2) is 0 Å². The fourth-order valence-electron chi connectivity index (χ4n) is 1.51. The molecule has 0 saturated carbocycles. The van der Waals surface area contributed by atoms with Crippen LogP contribution in [0.15, 0.2) is 18.2 Å². The summed E-state index contributed by atoms with van der Waals surface area (Å²) in [5.74, 6) is 0. The molecule has 2 N–H and O–H groups in total. The predicted molar refractivity (Wildman–Crippen MR) is 63.7 cm³/mol. The van der Waals surface area contributed by atoms with Gasteiger partial charge in [0.05, 0.1) is 11.4 Å². The van der Waals surface area contributed by atoms with Gasteiger partial charge in [-0.3, -0.25) is 0 Å². The van der Waals surface area contributed by atoms with E-state index in [2.05, 4.69) is 44.9 Å². The molecule has 2 nitrogen and oxygen atoms in total. The molecule has 14 heavy (non-hydrogen) atoms. The molecule has 1 aromatic rings. The van der Waals surface area contributed by atoms with Crippen LogP contribution in [0.5, 0.6) is 0 Å². The average molecular weight is 192 g/mol. The van der Waals surface area contributed by atoms with Crippen molar-refractivity contribution in [2.24, 2.45) is 0 Å². The van der Waals surface area contributed by atoms with Crippen LogP contribution in [0.3, 0.4) is 0 Å². The fourth-order valence-corrected chi connectivity index (χ4v) is 1.51. The van der Waals surface area contributed by atoms with Gasteiger partial charge in [-0.05, 0) is 38.0 Å². The molecule has 0 aliphatic heterocycles. The van der Waals surface area contributed by atoms with E-state index in [1.54, 1.807) is 0 Å². The van der Waals surface area contributed by atoms with Crippen LogP contribution in [0.4, 0.5) is 11.4 Å². The predicted octanol–water partition coefficient (Wildman–Crippen LogP) is 2.81. The van der Waals surface area contributed by atoms with Crippen LogP contribution in [0.1, 0.15) is 25.8 Å². The summed E-state index contributed by atoms with van der Waals surface area (Å²) >= 11 is 0. The van der Waals surface area contributed by atoms with Gasteiger partial charge >= 0.3 is 0 Å². The zero-order valence-corrected chi connectivity index (χ0v) is 9.54. The molecule has 0 saturated heterocycles. The molecule has 0 fully saturated rings. The Kier molecular flexibility index (Phi) is 3.39. The molecule has 1 aromatic carbocycles. The summed E-state index contributed by atoms with van der Waals surface area (Å²) in [4.78, 5) is 2.23. The molecule has 1 rings (SSSR count). The zero-order chi connectivity index (χ0) is 10.7. The summed E-state index contributed by atoms with van der Waals surface area (Å²) < 4.78 is 0. The molecule has 0 radical (unpaired) electrons. The van der Waals surface area contributed by atoms with E-state index < -0.39 is 0 Å². The summed E-state index contributed by atoms with van der Waals surface area (Å²) in [5, 5.41) is 0. The van der Waals surface area contributed by atoms with Crippen molar-refractivity contribution in [2.45, 2.75) is 33.2 Å². The maximum Gasteiger partial charge on any atom is 0.0599 e. The number of aryl methyl sites for hydroxylation is 1. The molecule has 1 unspecified atom stereocenters. The molecule has 0 spiro atoms. The van der Waals surface area contributed by atoms with Gasteiger partial charge in [0.2, 0.25) is 0 Å². The minimum Gasteiger partial charge on any atom is -0.397 e. The van der Waals surface area contributed by atoms with Crippen LogP contribution in [-0.4, -0.2) is 13.1 Å². The van der Waals surface area contributed by atoms with Crippen molar-refractivity contribution in [3.05, 3.63) is 23.8 Å². The van der Waals surface area contributed by atoms with Crippen molar-refractivity contribution in [3.8, 4) is 0 Å². The smallest absolute Gasteiger partial charge is 0.0599 e.